The molecule has 4 nitrogen and oxygen atoms in total. The van der Waals surface area contributed by atoms with Gasteiger partial charge in [0.25, 0.3) is 5.91 Å². The van der Waals surface area contributed by atoms with Crippen LogP contribution in [0.5, 0.6) is 0 Å². The predicted octanol–water partition coefficient (Wildman–Crippen LogP) is 3.31. The van der Waals surface area contributed by atoms with Gasteiger partial charge in [0.1, 0.15) is 6.04 Å². The van der Waals surface area contributed by atoms with E-state index in [4.69, 9.17) is 0 Å². The number of allylic oxidation sites excluding steroid dienone is 1. The lowest BCUT2D eigenvalue weighted by Crippen LogP contribution is -2.36. The SMILES string of the molecule is CC(=O)[C@@H](NC(=O)C1=C(C)N(C)Cc2ccccc21)c1ccccc1. The van der Waals surface area contributed by atoms with Gasteiger partial charge in [-0.1, -0.05) is 54.6 Å². The topological polar surface area (TPSA) is 49.4 Å². The Bertz CT molecular complexity index is 840. The summed E-state index contributed by atoms with van der Waals surface area (Å²) in [5, 5.41) is 2.92. The molecule has 0 unspecified atom stereocenters. The van der Waals surface area contributed by atoms with Crippen molar-refractivity contribution in [2.75, 3.05) is 7.05 Å². The van der Waals surface area contributed by atoms with Crippen molar-refractivity contribution in [1.29, 1.82) is 0 Å². The van der Waals surface area contributed by atoms with E-state index in [2.05, 4.69) is 10.2 Å². The number of ketones is 1. The largest absolute Gasteiger partial charge is 0.373 e. The van der Waals surface area contributed by atoms with E-state index in [9.17, 15) is 9.59 Å². The zero-order chi connectivity index (χ0) is 18.0. The number of rotatable bonds is 4. The van der Waals surface area contributed by atoms with Crippen molar-refractivity contribution in [2.45, 2.75) is 26.4 Å². The Labute approximate surface area is 148 Å². The summed E-state index contributed by atoms with van der Waals surface area (Å²) in [6.07, 6.45) is 0. The van der Waals surface area contributed by atoms with Crippen LogP contribution in [0.1, 0.15) is 36.6 Å². The molecule has 0 spiro atoms. The fourth-order valence-electron chi connectivity index (χ4n) is 3.22. The van der Waals surface area contributed by atoms with Crippen LogP contribution in [0.25, 0.3) is 5.57 Å². The molecule has 2 aromatic carbocycles. The van der Waals surface area contributed by atoms with E-state index in [1.807, 2.05) is 68.6 Å². The van der Waals surface area contributed by atoms with Crippen molar-refractivity contribution < 1.29 is 9.59 Å². The number of nitrogens with zero attached hydrogens (tertiary/aromatic N) is 1. The van der Waals surface area contributed by atoms with E-state index in [0.29, 0.717) is 5.57 Å². The molecule has 3 rings (SSSR count). The minimum atomic E-state index is -0.645. The second-order valence-electron chi connectivity index (χ2n) is 6.40. The summed E-state index contributed by atoms with van der Waals surface area (Å²) in [6, 6.07) is 16.6. The number of hydrogen-bond acceptors (Lipinski definition) is 3. The quantitative estimate of drug-likeness (QED) is 0.933. The highest BCUT2D eigenvalue weighted by atomic mass is 16.2. The number of hydrogen-bond donors (Lipinski definition) is 1. The number of fused-ring (bicyclic) bond motifs is 1. The van der Waals surface area contributed by atoms with E-state index < -0.39 is 6.04 Å². The molecule has 1 atom stereocenters. The lowest BCUT2D eigenvalue weighted by atomic mass is 9.92. The van der Waals surface area contributed by atoms with Crippen molar-refractivity contribution in [2.24, 2.45) is 0 Å². The molecule has 25 heavy (non-hydrogen) atoms. The molecule has 0 radical (unpaired) electrons. The van der Waals surface area contributed by atoms with Gasteiger partial charge >= 0.3 is 0 Å². The molecular formula is C21H22N2O2. The average molecular weight is 334 g/mol. The lowest BCUT2D eigenvalue weighted by molar-refractivity contribution is -0.124. The molecule has 0 fully saturated rings. The van der Waals surface area contributed by atoms with Gasteiger partial charge in [0, 0.05) is 19.3 Å². The van der Waals surface area contributed by atoms with Gasteiger partial charge in [0.05, 0.1) is 5.57 Å². The molecule has 0 aromatic heterocycles. The summed E-state index contributed by atoms with van der Waals surface area (Å²) >= 11 is 0. The molecule has 0 saturated heterocycles. The van der Waals surface area contributed by atoms with Crippen LogP contribution in [0.15, 0.2) is 60.3 Å². The average Bonchev–Trinajstić information content (AvgIpc) is 2.61. The van der Waals surface area contributed by atoms with Gasteiger partial charge in [-0.3, -0.25) is 9.59 Å². The molecular weight excluding hydrogens is 312 g/mol. The number of Topliss-reactive ketones (excluding diaryl/α,β-unsaturated/α-hetero) is 1. The second kappa shape index (κ2) is 6.93. The first-order valence-electron chi connectivity index (χ1n) is 8.35. The summed E-state index contributed by atoms with van der Waals surface area (Å²) < 4.78 is 0. The van der Waals surface area contributed by atoms with E-state index in [0.717, 1.165) is 28.9 Å². The summed E-state index contributed by atoms with van der Waals surface area (Å²) in [7, 11) is 1.97. The van der Waals surface area contributed by atoms with Crippen LogP contribution in [0.2, 0.25) is 0 Å². The number of carbonyl (C=O) groups excluding carboxylic acids is 2. The third-order valence-corrected chi connectivity index (χ3v) is 4.67. The van der Waals surface area contributed by atoms with Gasteiger partial charge in [0.15, 0.2) is 5.78 Å². The van der Waals surface area contributed by atoms with E-state index in [-0.39, 0.29) is 11.7 Å². The lowest BCUT2D eigenvalue weighted by Gasteiger charge is -2.30. The van der Waals surface area contributed by atoms with Crippen LogP contribution in [0, 0.1) is 0 Å². The second-order valence-corrected chi connectivity index (χ2v) is 6.40. The first-order valence-corrected chi connectivity index (χ1v) is 8.35. The van der Waals surface area contributed by atoms with Crippen molar-refractivity contribution in [3.63, 3.8) is 0 Å². The van der Waals surface area contributed by atoms with Gasteiger partial charge in [-0.2, -0.15) is 0 Å². The van der Waals surface area contributed by atoms with Crippen molar-refractivity contribution in [1.82, 2.24) is 10.2 Å². The summed E-state index contributed by atoms with van der Waals surface area (Å²) in [5.41, 5.74) is 4.38. The Morgan fingerprint density at radius 1 is 1.04 bits per heavy atom. The minimum absolute atomic E-state index is 0.0877. The van der Waals surface area contributed by atoms with Crippen molar-refractivity contribution >= 4 is 17.3 Å². The Kier molecular flexibility index (Phi) is 4.70. The normalized spacial score (nSPS) is 14.8. The van der Waals surface area contributed by atoms with E-state index >= 15 is 0 Å². The van der Waals surface area contributed by atoms with Crippen LogP contribution in [-0.2, 0) is 16.1 Å². The minimum Gasteiger partial charge on any atom is -0.373 e. The Morgan fingerprint density at radius 2 is 1.68 bits per heavy atom. The fourth-order valence-corrected chi connectivity index (χ4v) is 3.22. The maximum Gasteiger partial charge on any atom is 0.254 e. The first kappa shape index (κ1) is 17.0. The van der Waals surface area contributed by atoms with Gasteiger partial charge in [-0.05, 0) is 30.5 Å². The zero-order valence-corrected chi connectivity index (χ0v) is 14.7. The maximum absolute atomic E-state index is 13.1. The highest BCUT2D eigenvalue weighted by Crippen LogP contribution is 2.31. The van der Waals surface area contributed by atoms with Gasteiger partial charge in [-0.15, -0.1) is 0 Å². The van der Waals surface area contributed by atoms with Gasteiger partial charge < -0.3 is 10.2 Å². The van der Waals surface area contributed by atoms with Crippen molar-refractivity contribution in [3.05, 3.63) is 77.0 Å². The van der Waals surface area contributed by atoms with Gasteiger partial charge in [-0.25, -0.2) is 0 Å². The predicted molar refractivity (Wildman–Crippen MR) is 98.5 cm³/mol. The van der Waals surface area contributed by atoms with E-state index in [1.54, 1.807) is 0 Å². The van der Waals surface area contributed by atoms with Crippen LogP contribution in [0.3, 0.4) is 0 Å². The standard InChI is InChI=1S/C21H22N2O2/c1-14-19(18-12-8-7-11-17(18)13-23(14)3)21(25)22-20(15(2)24)16-9-5-4-6-10-16/h4-12,20H,13H2,1-3H3,(H,22,25)/t20-/m1/s1. The fraction of sp³-hybridized carbons (Fsp3) is 0.238. The Hall–Kier alpha value is -2.88. The number of benzene rings is 2. The molecule has 128 valence electrons. The molecule has 0 saturated carbocycles. The summed E-state index contributed by atoms with van der Waals surface area (Å²) in [4.78, 5) is 27.2. The molecule has 4 heteroatoms. The number of nitrogens with one attached hydrogen (secondary N) is 1. The molecule has 1 aliphatic heterocycles. The summed E-state index contributed by atoms with van der Waals surface area (Å²) in [6.45, 7) is 4.21. The van der Waals surface area contributed by atoms with Crippen LogP contribution in [-0.4, -0.2) is 23.6 Å². The van der Waals surface area contributed by atoms with Crippen LogP contribution >= 0.6 is 0 Å². The molecule has 2 aromatic rings. The number of carbonyl (C=O) groups is 2. The van der Waals surface area contributed by atoms with Crippen LogP contribution < -0.4 is 5.32 Å². The molecule has 1 aliphatic rings. The molecule has 1 N–H and O–H groups in total. The zero-order valence-electron chi connectivity index (χ0n) is 14.7. The van der Waals surface area contributed by atoms with Crippen LogP contribution in [0.4, 0.5) is 0 Å². The molecule has 0 bridgehead atoms. The smallest absolute Gasteiger partial charge is 0.254 e. The maximum atomic E-state index is 13.1. The summed E-state index contributed by atoms with van der Waals surface area (Å²) in [5.74, 6) is -0.309. The highest BCUT2D eigenvalue weighted by molar-refractivity contribution is 6.21. The van der Waals surface area contributed by atoms with Gasteiger partial charge in [0.2, 0.25) is 0 Å². The molecule has 1 amide bonds. The number of amides is 1. The third kappa shape index (κ3) is 3.33. The van der Waals surface area contributed by atoms with E-state index in [1.165, 1.54) is 6.92 Å². The highest BCUT2D eigenvalue weighted by Gasteiger charge is 2.27. The van der Waals surface area contributed by atoms with Crippen molar-refractivity contribution in [3.8, 4) is 0 Å². The molecule has 0 aliphatic carbocycles. The Morgan fingerprint density at radius 3 is 2.36 bits per heavy atom. The molecule has 1 heterocycles. The Balaban J connectivity index is 1.96. The third-order valence-electron chi connectivity index (χ3n) is 4.67. The monoisotopic (exact) mass is 334 g/mol. The first-order chi connectivity index (χ1) is 12.0.